The van der Waals surface area contributed by atoms with Crippen molar-refractivity contribution in [2.24, 2.45) is 5.73 Å². The molecule has 18 heavy (non-hydrogen) atoms. The smallest absolute Gasteiger partial charge is 0.177 e. The normalized spacial score (nSPS) is 15.1. The Morgan fingerprint density at radius 2 is 1.94 bits per heavy atom. The van der Waals surface area contributed by atoms with Crippen molar-refractivity contribution in [3.8, 4) is 0 Å². The summed E-state index contributed by atoms with van der Waals surface area (Å²) in [5.41, 5.74) is 6.08. The molecule has 102 valence electrons. The van der Waals surface area contributed by atoms with Gasteiger partial charge >= 0.3 is 0 Å². The predicted molar refractivity (Wildman–Crippen MR) is 75.5 cm³/mol. The second kappa shape index (κ2) is 5.71. The van der Waals surface area contributed by atoms with Crippen LogP contribution in [0.3, 0.4) is 0 Å². The molecule has 0 bridgehead atoms. The van der Waals surface area contributed by atoms with Gasteiger partial charge in [0.1, 0.15) is 0 Å². The van der Waals surface area contributed by atoms with E-state index in [2.05, 4.69) is 19.2 Å². The minimum Gasteiger partial charge on any atom is -0.379 e. The summed E-state index contributed by atoms with van der Waals surface area (Å²) in [5, 5.41) is 3.32. The molecule has 0 aliphatic rings. The molecule has 4 nitrogen and oxygen atoms in total. The van der Waals surface area contributed by atoms with Gasteiger partial charge in [-0.3, -0.25) is 0 Å². The summed E-state index contributed by atoms with van der Waals surface area (Å²) in [4.78, 5) is 0.335. The number of nitrogens with two attached hydrogens (primary N) is 1. The van der Waals surface area contributed by atoms with Crippen LogP contribution in [0.2, 0.25) is 0 Å². The Morgan fingerprint density at radius 3 is 2.44 bits per heavy atom. The molecule has 0 aromatic heterocycles. The van der Waals surface area contributed by atoms with E-state index in [1.165, 1.54) is 6.26 Å². The molecule has 1 aromatic rings. The molecule has 0 spiro atoms. The molecule has 0 amide bonds. The quantitative estimate of drug-likeness (QED) is 0.829. The summed E-state index contributed by atoms with van der Waals surface area (Å²) in [6.45, 7) is 4.68. The molecule has 0 radical (unpaired) electrons. The van der Waals surface area contributed by atoms with Gasteiger partial charge in [-0.2, -0.15) is 0 Å². The van der Waals surface area contributed by atoms with Gasteiger partial charge in [0, 0.05) is 11.8 Å². The monoisotopic (exact) mass is 270 g/mol. The second-order valence-electron chi connectivity index (χ2n) is 4.85. The summed E-state index contributed by atoms with van der Waals surface area (Å²) >= 11 is 0. The topological polar surface area (TPSA) is 72.2 Å². The van der Waals surface area contributed by atoms with E-state index in [1.807, 2.05) is 6.07 Å². The molecule has 1 unspecified atom stereocenters. The minimum absolute atomic E-state index is 0.185. The maximum atomic E-state index is 11.7. The third-order valence-electron chi connectivity index (χ3n) is 3.20. The Morgan fingerprint density at radius 1 is 1.33 bits per heavy atom. The van der Waals surface area contributed by atoms with E-state index < -0.39 is 9.84 Å². The standard InChI is InChI=1S/C13H22N2O2S/c1-4-13(2,9-10-14)15-11-7-5-6-8-12(11)18(3,16)17/h5-8,15H,4,9-10,14H2,1-3H3. The third kappa shape index (κ3) is 3.71. The van der Waals surface area contributed by atoms with E-state index in [1.54, 1.807) is 18.2 Å². The van der Waals surface area contributed by atoms with Crippen LogP contribution in [0.1, 0.15) is 26.7 Å². The van der Waals surface area contributed by atoms with Crippen molar-refractivity contribution in [2.75, 3.05) is 18.1 Å². The number of rotatable bonds is 6. The first-order valence-corrected chi connectivity index (χ1v) is 7.99. The Kier molecular flexibility index (Phi) is 4.76. The third-order valence-corrected chi connectivity index (χ3v) is 4.35. The van der Waals surface area contributed by atoms with Gasteiger partial charge in [-0.15, -0.1) is 0 Å². The number of nitrogens with one attached hydrogen (secondary N) is 1. The summed E-state index contributed by atoms with van der Waals surface area (Å²) in [7, 11) is -3.22. The van der Waals surface area contributed by atoms with Crippen molar-refractivity contribution in [3.63, 3.8) is 0 Å². The summed E-state index contributed by atoms with van der Waals surface area (Å²) in [5.74, 6) is 0. The maximum Gasteiger partial charge on any atom is 0.177 e. The lowest BCUT2D eigenvalue weighted by atomic mass is 9.94. The van der Waals surface area contributed by atoms with Crippen LogP contribution in [0.15, 0.2) is 29.2 Å². The van der Waals surface area contributed by atoms with Crippen molar-refractivity contribution >= 4 is 15.5 Å². The van der Waals surface area contributed by atoms with Gasteiger partial charge in [0.05, 0.1) is 10.6 Å². The first-order valence-electron chi connectivity index (χ1n) is 6.10. The average molecular weight is 270 g/mol. The van der Waals surface area contributed by atoms with E-state index in [4.69, 9.17) is 5.73 Å². The van der Waals surface area contributed by atoms with Gasteiger partial charge in [0.2, 0.25) is 0 Å². The SMILES string of the molecule is CCC(C)(CCN)Nc1ccccc1S(C)(=O)=O. The van der Waals surface area contributed by atoms with Crippen LogP contribution in [0.25, 0.3) is 0 Å². The van der Waals surface area contributed by atoms with Crippen LogP contribution in [0.4, 0.5) is 5.69 Å². The van der Waals surface area contributed by atoms with Gasteiger partial charge in [-0.1, -0.05) is 19.1 Å². The Balaban J connectivity index is 3.11. The maximum absolute atomic E-state index is 11.7. The second-order valence-corrected chi connectivity index (χ2v) is 6.83. The zero-order valence-corrected chi connectivity index (χ0v) is 12.0. The van der Waals surface area contributed by atoms with Crippen LogP contribution >= 0.6 is 0 Å². The highest BCUT2D eigenvalue weighted by Crippen LogP contribution is 2.27. The van der Waals surface area contributed by atoms with E-state index in [0.717, 1.165) is 12.8 Å². The van der Waals surface area contributed by atoms with Crippen molar-refractivity contribution in [2.45, 2.75) is 37.1 Å². The molecule has 5 heteroatoms. The Bertz CT molecular complexity index is 499. The first kappa shape index (κ1) is 15.0. The van der Waals surface area contributed by atoms with E-state index >= 15 is 0 Å². The summed E-state index contributed by atoms with van der Waals surface area (Å²) < 4.78 is 23.4. The fraction of sp³-hybridized carbons (Fsp3) is 0.538. The fourth-order valence-corrected chi connectivity index (χ4v) is 2.71. The lowest BCUT2D eigenvalue weighted by Crippen LogP contribution is -2.36. The molecule has 1 atom stereocenters. The molecule has 0 fully saturated rings. The van der Waals surface area contributed by atoms with E-state index in [0.29, 0.717) is 17.1 Å². The molecule has 0 saturated heterocycles. The number of hydrogen-bond donors (Lipinski definition) is 2. The highest BCUT2D eigenvalue weighted by Gasteiger charge is 2.23. The Hall–Kier alpha value is -1.07. The van der Waals surface area contributed by atoms with Crippen LogP contribution in [-0.2, 0) is 9.84 Å². The summed E-state index contributed by atoms with van der Waals surface area (Å²) in [6, 6.07) is 6.97. The van der Waals surface area contributed by atoms with Crippen molar-refractivity contribution in [3.05, 3.63) is 24.3 Å². The molecular weight excluding hydrogens is 248 g/mol. The zero-order chi connectivity index (χ0) is 13.8. The molecule has 0 saturated carbocycles. The molecule has 1 rings (SSSR count). The lowest BCUT2D eigenvalue weighted by Gasteiger charge is -2.31. The molecule has 0 heterocycles. The molecule has 0 aliphatic carbocycles. The molecular formula is C13H22N2O2S. The molecule has 1 aromatic carbocycles. The van der Waals surface area contributed by atoms with Crippen LogP contribution < -0.4 is 11.1 Å². The lowest BCUT2D eigenvalue weighted by molar-refractivity contribution is 0.462. The number of hydrogen-bond acceptors (Lipinski definition) is 4. The van der Waals surface area contributed by atoms with E-state index in [9.17, 15) is 8.42 Å². The minimum atomic E-state index is -3.22. The van der Waals surface area contributed by atoms with Gasteiger partial charge < -0.3 is 11.1 Å². The number of sulfone groups is 1. The Labute approximate surface area is 110 Å². The fourth-order valence-electron chi connectivity index (χ4n) is 1.86. The van der Waals surface area contributed by atoms with Gasteiger partial charge in [0.25, 0.3) is 0 Å². The molecule has 0 aliphatic heterocycles. The zero-order valence-electron chi connectivity index (χ0n) is 11.2. The average Bonchev–Trinajstić information content (AvgIpc) is 2.28. The number of anilines is 1. The van der Waals surface area contributed by atoms with Gasteiger partial charge in [-0.25, -0.2) is 8.42 Å². The van der Waals surface area contributed by atoms with Crippen LogP contribution in [0, 0.1) is 0 Å². The van der Waals surface area contributed by atoms with Crippen molar-refractivity contribution in [1.29, 1.82) is 0 Å². The largest absolute Gasteiger partial charge is 0.379 e. The first-order chi connectivity index (χ1) is 8.32. The van der Waals surface area contributed by atoms with Gasteiger partial charge in [-0.05, 0) is 38.4 Å². The highest BCUT2D eigenvalue weighted by atomic mass is 32.2. The summed E-state index contributed by atoms with van der Waals surface area (Å²) in [6.07, 6.45) is 2.89. The van der Waals surface area contributed by atoms with Crippen molar-refractivity contribution in [1.82, 2.24) is 0 Å². The highest BCUT2D eigenvalue weighted by molar-refractivity contribution is 7.90. The predicted octanol–water partition coefficient (Wildman–Crippen LogP) is 2.02. The van der Waals surface area contributed by atoms with Crippen molar-refractivity contribution < 1.29 is 8.42 Å². The molecule has 3 N–H and O–H groups in total. The number of benzene rings is 1. The van der Waals surface area contributed by atoms with E-state index in [-0.39, 0.29) is 5.54 Å². The van der Waals surface area contributed by atoms with Gasteiger partial charge in [0.15, 0.2) is 9.84 Å². The van der Waals surface area contributed by atoms with Crippen LogP contribution in [0.5, 0.6) is 0 Å². The number of para-hydroxylation sites is 1. The van der Waals surface area contributed by atoms with Crippen LogP contribution in [-0.4, -0.2) is 26.8 Å².